The number of amides is 1. The van der Waals surface area contributed by atoms with Crippen LogP contribution in [0, 0.1) is 17.5 Å². The van der Waals surface area contributed by atoms with Gasteiger partial charge in [0.05, 0.1) is 5.71 Å². The number of carbonyl (C=O) groups excluding carboxylic acids is 1. The molecule has 37 heavy (non-hydrogen) atoms. The third-order valence-corrected chi connectivity index (χ3v) is 5.99. The standard InChI is InChI=1S/C29H26F3N3O2/c1-33-18-23-3-2-20(16-28(23)32)19-37-34-26-12-14-35(15-13-26)29(36)17-27(21-4-8-24(30)9-5-21)22-6-10-25(31)11-7-22/h2-11,16-18H,12-15,19H2,1H3. The molecule has 0 radical (unpaired) electrons. The molecule has 0 unspecified atom stereocenters. The summed E-state index contributed by atoms with van der Waals surface area (Å²) in [5.74, 6) is -1.34. The molecule has 1 fully saturated rings. The zero-order chi connectivity index (χ0) is 26.2. The number of likely N-dealkylation sites (tertiary alicyclic amines) is 1. The third-order valence-electron chi connectivity index (χ3n) is 5.99. The van der Waals surface area contributed by atoms with Gasteiger partial charge >= 0.3 is 0 Å². The van der Waals surface area contributed by atoms with Crippen molar-refractivity contribution in [2.24, 2.45) is 10.1 Å². The Hall–Kier alpha value is -4.20. The zero-order valence-electron chi connectivity index (χ0n) is 20.3. The monoisotopic (exact) mass is 505 g/mol. The predicted molar refractivity (Wildman–Crippen MR) is 138 cm³/mol. The second-order valence-electron chi connectivity index (χ2n) is 8.57. The van der Waals surface area contributed by atoms with Crippen LogP contribution in [-0.4, -0.2) is 42.9 Å². The first kappa shape index (κ1) is 25.9. The molecular formula is C29H26F3N3O2. The Bertz CT molecular complexity index is 1280. The summed E-state index contributed by atoms with van der Waals surface area (Å²) in [6.45, 7) is 1.04. The molecule has 3 aromatic carbocycles. The minimum atomic E-state index is -0.383. The number of carbonyl (C=O) groups is 1. The fourth-order valence-corrected chi connectivity index (χ4v) is 3.99. The van der Waals surface area contributed by atoms with Crippen LogP contribution in [-0.2, 0) is 16.2 Å². The number of hydrogen-bond donors (Lipinski definition) is 0. The lowest BCUT2D eigenvalue weighted by Crippen LogP contribution is -2.37. The Labute approximate surface area is 213 Å². The zero-order valence-corrected chi connectivity index (χ0v) is 20.3. The van der Waals surface area contributed by atoms with Gasteiger partial charge in [0, 0.05) is 50.8 Å². The normalized spacial score (nSPS) is 13.5. The minimum Gasteiger partial charge on any atom is -0.391 e. The van der Waals surface area contributed by atoms with Gasteiger partial charge in [-0.1, -0.05) is 41.6 Å². The van der Waals surface area contributed by atoms with Gasteiger partial charge in [-0.05, 0) is 52.6 Å². The molecule has 0 saturated carbocycles. The molecule has 0 atom stereocenters. The molecule has 1 aliphatic rings. The van der Waals surface area contributed by atoms with Crippen LogP contribution in [0.2, 0.25) is 0 Å². The highest BCUT2D eigenvalue weighted by atomic mass is 19.1. The van der Waals surface area contributed by atoms with Gasteiger partial charge < -0.3 is 9.74 Å². The molecule has 0 bridgehead atoms. The van der Waals surface area contributed by atoms with E-state index in [0.717, 1.165) is 5.71 Å². The molecule has 5 nitrogen and oxygen atoms in total. The van der Waals surface area contributed by atoms with Crippen LogP contribution in [0.25, 0.3) is 5.57 Å². The molecule has 0 N–H and O–H groups in total. The van der Waals surface area contributed by atoms with E-state index in [2.05, 4.69) is 10.1 Å². The Morgan fingerprint density at radius 3 is 2.05 bits per heavy atom. The summed E-state index contributed by atoms with van der Waals surface area (Å²) in [5, 5.41) is 4.18. The lowest BCUT2D eigenvalue weighted by Gasteiger charge is -2.27. The summed E-state index contributed by atoms with van der Waals surface area (Å²) >= 11 is 0. The first-order chi connectivity index (χ1) is 17.9. The molecular weight excluding hydrogens is 479 g/mol. The number of piperidine rings is 1. The van der Waals surface area contributed by atoms with Gasteiger partial charge in [-0.15, -0.1) is 0 Å². The van der Waals surface area contributed by atoms with E-state index in [1.54, 1.807) is 48.3 Å². The fraction of sp³-hybridized carbons (Fsp3) is 0.207. The van der Waals surface area contributed by atoms with Gasteiger partial charge in [0.2, 0.25) is 5.91 Å². The highest BCUT2D eigenvalue weighted by molar-refractivity contribution is 6.00. The van der Waals surface area contributed by atoms with Crippen molar-refractivity contribution in [1.82, 2.24) is 4.90 Å². The minimum absolute atomic E-state index is 0.133. The van der Waals surface area contributed by atoms with E-state index >= 15 is 0 Å². The van der Waals surface area contributed by atoms with E-state index in [9.17, 15) is 18.0 Å². The molecule has 190 valence electrons. The Balaban J connectivity index is 1.39. The van der Waals surface area contributed by atoms with Crippen LogP contribution in [0.4, 0.5) is 13.2 Å². The molecule has 0 spiro atoms. The van der Waals surface area contributed by atoms with Gasteiger partial charge in [-0.25, -0.2) is 13.2 Å². The summed E-state index contributed by atoms with van der Waals surface area (Å²) in [4.78, 5) is 24.0. The van der Waals surface area contributed by atoms with Gasteiger partial charge in [0.25, 0.3) is 0 Å². The Morgan fingerprint density at radius 2 is 1.51 bits per heavy atom. The van der Waals surface area contributed by atoms with Crippen molar-refractivity contribution >= 4 is 23.4 Å². The largest absolute Gasteiger partial charge is 0.391 e. The van der Waals surface area contributed by atoms with Crippen LogP contribution in [0.3, 0.4) is 0 Å². The average Bonchev–Trinajstić information content (AvgIpc) is 2.90. The number of nitrogens with zero attached hydrogens (tertiary/aromatic N) is 3. The topological polar surface area (TPSA) is 54.3 Å². The second kappa shape index (κ2) is 12.2. The van der Waals surface area contributed by atoms with E-state index in [0.29, 0.717) is 53.8 Å². The van der Waals surface area contributed by atoms with Crippen LogP contribution in [0.5, 0.6) is 0 Å². The van der Waals surface area contributed by atoms with Crippen LogP contribution < -0.4 is 0 Å². The Kier molecular flexibility index (Phi) is 8.51. The van der Waals surface area contributed by atoms with Gasteiger partial charge in [0.1, 0.15) is 24.1 Å². The van der Waals surface area contributed by atoms with Gasteiger partial charge in [-0.2, -0.15) is 0 Å². The van der Waals surface area contributed by atoms with Crippen LogP contribution in [0.15, 0.2) is 83.0 Å². The molecule has 1 aliphatic heterocycles. The first-order valence-electron chi connectivity index (χ1n) is 11.8. The lowest BCUT2D eigenvalue weighted by molar-refractivity contribution is -0.126. The number of halogens is 3. The third kappa shape index (κ3) is 6.94. The van der Waals surface area contributed by atoms with Crippen molar-refractivity contribution in [3.63, 3.8) is 0 Å². The molecule has 1 heterocycles. The molecule has 1 saturated heterocycles. The van der Waals surface area contributed by atoms with Crippen LogP contribution in [0.1, 0.15) is 35.1 Å². The van der Waals surface area contributed by atoms with Crippen molar-refractivity contribution in [2.45, 2.75) is 19.4 Å². The number of hydrogen-bond acceptors (Lipinski definition) is 4. The first-order valence-corrected chi connectivity index (χ1v) is 11.8. The van der Waals surface area contributed by atoms with Crippen molar-refractivity contribution in [3.05, 3.63) is 113 Å². The van der Waals surface area contributed by atoms with Crippen molar-refractivity contribution in [2.75, 3.05) is 20.1 Å². The number of benzene rings is 3. The number of rotatable bonds is 7. The second-order valence-corrected chi connectivity index (χ2v) is 8.57. The molecule has 3 aromatic rings. The predicted octanol–water partition coefficient (Wildman–Crippen LogP) is 5.78. The van der Waals surface area contributed by atoms with E-state index in [-0.39, 0.29) is 30.0 Å². The van der Waals surface area contributed by atoms with Gasteiger partial charge in [-0.3, -0.25) is 9.79 Å². The molecule has 0 aromatic heterocycles. The highest BCUT2D eigenvalue weighted by Crippen LogP contribution is 2.25. The number of oxime groups is 1. The maximum Gasteiger partial charge on any atom is 0.247 e. The SMILES string of the molecule is CN=Cc1ccc(CON=C2CCN(C(=O)C=C(c3ccc(F)cc3)c3ccc(F)cc3)CC2)cc1F. The maximum atomic E-state index is 14.0. The van der Waals surface area contributed by atoms with E-state index in [1.165, 1.54) is 42.6 Å². The van der Waals surface area contributed by atoms with E-state index in [4.69, 9.17) is 4.84 Å². The molecule has 1 amide bonds. The highest BCUT2D eigenvalue weighted by Gasteiger charge is 2.20. The molecule has 0 aliphatic carbocycles. The van der Waals surface area contributed by atoms with Gasteiger partial charge in [0.15, 0.2) is 0 Å². The van der Waals surface area contributed by atoms with E-state index < -0.39 is 0 Å². The quantitative estimate of drug-likeness (QED) is 0.232. The van der Waals surface area contributed by atoms with Crippen molar-refractivity contribution < 1.29 is 22.8 Å². The molecule has 4 rings (SSSR count). The summed E-state index contributed by atoms with van der Waals surface area (Å²) in [5.41, 5.74) is 3.77. The summed E-state index contributed by atoms with van der Waals surface area (Å²) in [6.07, 6.45) is 4.04. The smallest absolute Gasteiger partial charge is 0.247 e. The summed E-state index contributed by atoms with van der Waals surface area (Å²) in [6, 6.07) is 16.4. The van der Waals surface area contributed by atoms with E-state index in [1.807, 2.05) is 0 Å². The summed E-state index contributed by atoms with van der Waals surface area (Å²) in [7, 11) is 1.58. The average molecular weight is 506 g/mol. The van der Waals surface area contributed by atoms with Crippen molar-refractivity contribution in [1.29, 1.82) is 0 Å². The van der Waals surface area contributed by atoms with Crippen molar-refractivity contribution in [3.8, 4) is 0 Å². The fourth-order valence-electron chi connectivity index (χ4n) is 3.99. The summed E-state index contributed by atoms with van der Waals surface area (Å²) < 4.78 is 40.9. The van der Waals surface area contributed by atoms with Crippen LogP contribution >= 0.6 is 0 Å². The Morgan fingerprint density at radius 1 is 0.919 bits per heavy atom. The molecule has 8 heteroatoms. The maximum absolute atomic E-state index is 14.0. The lowest BCUT2D eigenvalue weighted by atomic mass is 9.97. The number of aliphatic imine (C=N–C) groups is 1.